The summed E-state index contributed by atoms with van der Waals surface area (Å²) < 4.78 is 0. The molecular weight excluding hydrogens is 334 g/mol. The summed E-state index contributed by atoms with van der Waals surface area (Å²) in [5.41, 5.74) is 8.84. The van der Waals surface area contributed by atoms with E-state index in [0.29, 0.717) is 5.92 Å². The fraction of sp³-hybridized carbons (Fsp3) is 0.182. The van der Waals surface area contributed by atoms with Crippen LogP contribution in [0.3, 0.4) is 0 Å². The molecule has 0 atom stereocenters. The summed E-state index contributed by atoms with van der Waals surface area (Å²) in [6.45, 7) is 0. The average molecular weight is 351 g/mol. The molecular formula is C22H17N5. The number of fused-ring (bicyclic) bond motifs is 2. The molecule has 0 spiro atoms. The Bertz CT molecular complexity index is 1200. The quantitative estimate of drug-likeness (QED) is 0.598. The molecule has 4 aromatic rings. The van der Waals surface area contributed by atoms with Gasteiger partial charge < -0.3 is 4.98 Å². The van der Waals surface area contributed by atoms with Crippen LogP contribution >= 0.6 is 0 Å². The minimum absolute atomic E-state index is 0.573. The van der Waals surface area contributed by atoms with Crippen molar-refractivity contribution in [2.45, 2.75) is 25.2 Å². The van der Waals surface area contributed by atoms with E-state index >= 15 is 0 Å². The zero-order chi connectivity index (χ0) is 17.8. The van der Waals surface area contributed by atoms with E-state index < -0.39 is 0 Å². The van der Waals surface area contributed by atoms with Crippen LogP contribution in [0.2, 0.25) is 0 Å². The van der Waals surface area contributed by atoms with Gasteiger partial charge in [-0.1, -0.05) is 12.1 Å². The second kappa shape index (κ2) is 5.58. The van der Waals surface area contributed by atoms with Crippen LogP contribution in [-0.4, -0.2) is 24.9 Å². The summed E-state index contributed by atoms with van der Waals surface area (Å²) in [4.78, 5) is 21.3. The lowest BCUT2D eigenvalue weighted by Gasteiger charge is -2.09. The molecule has 5 heteroatoms. The van der Waals surface area contributed by atoms with Crippen molar-refractivity contribution in [3.8, 4) is 11.1 Å². The van der Waals surface area contributed by atoms with E-state index in [1.807, 2.05) is 18.6 Å². The zero-order valence-corrected chi connectivity index (χ0v) is 14.7. The summed E-state index contributed by atoms with van der Waals surface area (Å²) in [5.74, 6) is 1.55. The molecule has 27 heavy (non-hydrogen) atoms. The normalized spacial score (nSPS) is 15.8. The van der Waals surface area contributed by atoms with Crippen LogP contribution in [0.25, 0.3) is 27.7 Å². The highest BCUT2D eigenvalue weighted by Gasteiger charge is 2.26. The Kier molecular flexibility index (Phi) is 3.06. The van der Waals surface area contributed by atoms with Gasteiger partial charge in [0.1, 0.15) is 5.82 Å². The van der Waals surface area contributed by atoms with Gasteiger partial charge in [0.25, 0.3) is 0 Å². The molecule has 1 N–H and O–H groups in total. The number of hydrogen-bond donors (Lipinski definition) is 1. The van der Waals surface area contributed by atoms with Crippen LogP contribution in [0.5, 0.6) is 0 Å². The van der Waals surface area contributed by atoms with Crippen LogP contribution in [0.15, 0.2) is 55.3 Å². The van der Waals surface area contributed by atoms with E-state index in [-0.39, 0.29) is 0 Å². The second-order valence-corrected chi connectivity index (χ2v) is 7.28. The van der Waals surface area contributed by atoms with Gasteiger partial charge >= 0.3 is 0 Å². The van der Waals surface area contributed by atoms with E-state index in [9.17, 15) is 0 Å². The van der Waals surface area contributed by atoms with Crippen molar-refractivity contribution in [1.29, 1.82) is 0 Å². The van der Waals surface area contributed by atoms with E-state index in [4.69, 9.17) is 4.98 Å². The number of hydrogen-bond acceptors (Lipinski definition) is 4. The van der Waals surface area contributed by atoms with E-state index in [2.05, 4.69) is 50.3 Å². The minimum Gasteiger partial charge on any atom is -0.345 e. The molecule has 0 aliphatic heterocycles. The molecule has 0 unspecified atom stereocenters. The van der Waals surface area contributed by atoms with E-state index in [1.165, 1.54) is 29.5 Å². The summed E-state index contributed by atoms with van der Waals surface area (Å²) in [7, 11) is 0. The van der Waals surface area contributed by atoms with Gasteiger partial charge in [0.15, 0.2) is 0 Å². The second-order valence-electron chi connectivity index (χ2n) is 7.28. The van der Waals surface area contributed by atoms with Crippen molar-refractivity contribution in [3.63, 3.8) is 0 Å². The maximum absolute atomic E-state index is 4.71. The first-order chi connectivity index (χ1) is 13.3. The maximum atomic E-state index is 4.71. The smallest absolute Gasteiger partial charge is 0.131 e. The Balaban J connectivity index is 1.39. The third-order valence-corrected chi connectivity index (χ3v) is 5.44. The molecule has 2 aliphatic rings. The summed E-state index contributed by atoms with van der Waals surface area (Å²) >= 11 is 0. The van der Waals surface area contributed by atoms with Gasteiger partial charge in [-0.05, 0) is 42.2 Å². The van der Waals surface area contributed by atoms with Crippen molar-refractivity contribution in [2.24, 2.45) is 0 Å². The fourth-order valence-electron chi connectivity index (χ4n) is 3.77. The average Bonchev–Trinajstić information content (AvgIpc) is 3.31. The third-order valence-electron chi connectivity index (χ3n) is 5.44. The maximum Gasteiger partial charge on any atom is 0.131 e. The number of benzene rings is 1. The molecule has 130 valence electrons. The topological polar surface area (TPSA) is 67.3 Å². The number of pyridine rings is 1. The highest BCUT2D eigenvalue weighted by atomic mass is 14.9. The number of nitrogens with zero attached hydrogens (tertiary/aromatic N) is 4. The fourth-order valence-corrected chi connectivity index (χ4v) is 3.77. The van der Waals surface area contributed by atoms with Gasteiger partial charge in [0.05, 0.1) is 23.1 Å². The lowest BCUT2D eigenvalue weighted by atomic mass is 9.98. The van der Waals surface area contributed by atoms with Gasteiger partial charge in [0.2, 0.25) is 0 Å². The first kappa shape index (κ1) is 14.8. The first-order valence-electron chi connectivity index (χ1n) is 9.30. The van der Waals surface area contributed by atoms with Crippen molar-refractivity contribution < 1.29 is 0 Å². The van der Waals surface area contributed by atoms with Crippen molar-refractivity contribution in [3.05, 3.63) is 77.9 Å². The van der Waals surface area contributed by atoms with E-state index in [0.717, 1.165) is 40.1 Å². The molecule has 5 nitrogen and oxygen atoms in total. The minimum atomic E-state index is 0.573. The number of aromatic nitrogens is 5. The Morgan fingerprint density at radius 1 is 0.852 bits per heavy atom. The molecule has 6 rings (SSSR count). The molecule has 0 bridgehead atoms. The highest BCUT2D eigenvalue weighted by Crippen LogP contribution is 2.38. The number of imidazole rings is 1. The molecule has 2 aliphatic carbocycles. The molecule has 3 heterocycles. The summed E-state index contributed by atoms with van der Waals surface area (Å²) in [5, 5.41) is 0. The van der Waals surface area contributed by atoms with Crippen LogP contribution in [0.1, 0.15) is 41.4 Å². The van der Waals surface area contributed by atoms with E-state index in [1.54, 1.807) is 6.33 Å². The Labute approximate surface area is 156 Å². The van der Waals surface area contributed by atoms with Crippen molar-refractivity contribution >= 4 is 16.6 Å². The van der Waals surface area contributed by atoms with Gasteiger partial charge in [-0.25, -0.2) is 15.0 Å². The Morgan fingerprint density at radius 2 is 1.70 bits per heavy atom. The van der Waals surface area contributed by atoms with Gasteiger partial charge in [-0.3, -0.25) is 4.98 Å². The largest absolute Gasteiger partial charge is 0.345 e. The molecule has 3 aromatic heterocycles. The molecule has 0 amide bonds. The molecule has 1 saturated carbocycles. The highest BCUT2D eigenvalue weighted by molar-refractivity contribution is 5.89. The zero-order valence-electron chi connectivity index (χ0n) is 14.7. The number of nitrogens with one attached hydrogen (secondary N) is 1. The number of H-pyrrole nitrogens is 1. The SMILES string of the molecule is C1=C(c2ccc3nc[nH]c3c2)c2cc(-c3cnc(C4CC4)nc3)cnc2C1. The molecule has 1 aromatic carbocycles. The van der Waals surface area contributed by atoms with Crippen molar-refractivity contribution in [2.75, 3.05) is 0 Å². The lowest BCUT2D eigenvalue weighted by Crippen LogP contribution is -1.95. The van der Waals surface area contributed by atoms with Crippen LogP contribution in [0, 0.1) is 0 Å². The Morgan fingerprint density at radius 3 is 2.56 bits per heavy atom. The van der Waals surface area contributed by atoms with Crippen molar-refractivity contribution in [1.82, 2.24) is 24.9 Å². The number of allylic oxidation sites excluding steroid dienone is 1. The molecule has 0 saturated heterocycles. The molecule has 0 radical (unpaired) electrons. The summed E-state index contributed by atoms with van der Waals surface area (Å²) in [6, 6.07) is 8.56. The summed E-state index contributed by atoms with van der Waals surface area (Å²) in [6.07, 6.45) is 13.1. The standard InChI is InChI=1S/C22H17N5/c1-2-13(1)22-24-10-16(11-25-22)15-7-18-17(4-6-19(18)23-9-15)14-3-5-20-21(8-14)27-12-26-20/h3-5,7-13H,1-2,6H2,(H,26,27). The van der Waals surface area contributed by atoms with Gasteiger partial charge in [0, 0.05) is 47.6 Å². The number of aromatic amines is 1. The van der Waals surface area contributed by atoms with Gasteiger partial charge in [-0.2, -0.15) is 0 Å². The third kappa shape index (κ3) is 2.46. The van der Waals surface area contributed by atoms with Gasteiger partial charge in [-0.15, -0.1) is 0 Å². The van der Waals surface area contributed by atoms with Crippen LogP contribution in [0.4, 0.5) is 0 Å². The predicted molar refractivity (Wildman–Crippen MR) is 104 cm³/mol. The number of rotatable bonds is 3. The van der Waals surface area contributed by atoms with Crippen LogP contribution in [-0.2, 0) is 6.42 Å². The lowest BCUT2D eigenvalue weighted by molar-refractivity contribution is 0.928. The first-order valence-corrected chi connectivity index (χ1v) is 9.30. The monoisotopic (exact) mass is 351 g/mol. The molecule has 1 fully saturated rings. The van der Waals surface area contributed by atoms with Crippen LogP contribution < -0.4 is 0 Å². The predicted octanol–water partition coefficient (Wildman–Crippen LogP) is 4.28. The Hall–Kier alpha value is -3.34.